The minimum absolute atomic E-state index is 0.724. The van der Waals surface area contributed by atoms with Crippen LogP contribution in [0.3, 0.4) is 0 Å². The number of benzene rings is 1. The quantitative estimate of drug-likeness (QED) is 0.720. The number of aryl methyl sites for hydroxylation is 1. The summed E-state index contributed by atoms with van der Waals surface area (Å²) in [6.45, 7) is 3.48. The molecule has 1 N–H and O–H groups in total. The van der Waals surface area contributed by atoms with Gasteiger partial charge in [-0.05, 0) is 72.1 Å². The zero-order valence-electron chi connectivity index (χ0n) is 13.2. The van der Waals surface area contributed by atoms with E-state index < -0.39 is 0 Å². The maximum absolute atomic E-state index is 5.53. The third-order valence-electron chi connectivity index (χ3n) is 4.12. The van der Waals surface area contributed by atoms with Crippen LogP contribution in [-0.2, 0) is 6.42 Å². The van der Waals surface area contributed by atoms with Crippen molar-refractivity contribution in [1.82, 2.24) is 5.32 Å². The Morgan fingerprint density at radius 3 is 2.62 bits per heavy atom. The predicted octanol–water partition coefficient (Wildman–Crippen LogP) is 4.18. The van der Waals surface area contributed by atoms with E-state index in [2.05, 4.69) is 34.2 Å². The highest BCUT2D eigenvalue weighted by atomic mass is 79.9. The first-order valence-corrected chi connectivity index (χ1v) is 8.57. The van der Waals surface area contributed by atoms with E-state index in [-0.39, 0.29) is 0 Å². The van der Waals surface area contributed by atoms with Gasteiger partial charge in [-0.25, -0.2) is 0 Å². The average molecular weight is 356 g/mol. The molecule has 0 radical (unpaired) electrons. The number of halogens is 1. The van der Waals surface area contributed by atoms with Gasteiger partial charge in [0.15, 0.2) is 0 Å². The van der Waals surface area contributed by atoms with Crippen LogP contribution in [0.15, 0.2) is 16.6 Å². The lowest BCUT2D eigenvalue weighted by atomic mass is 9.97. The van der Waals surface area contributed by atoms with Crippen LogP contribution in [-0.4, -0.2) is 26.8 Å². The number of methoxy groups -OCH3 is 2. The van der Waals surface area contributed by atoms with Gasteiger partial charge in [-0.1, -0.05) is 13.0 Å². The summed E-state index contributed by atoms with van der Waals surface area (Å²) in [4.78, 5) is 0. The molecule has 0 aliphatic heterocycles. The zero-order chi connectivity index (χ0) is 15.2. The molecular weight excluding hydrogens is 330 g/mol. The van der Waals surface area contributed by atoms with Crippen LogP contribution in [0.2, 0.25) is 0 Å². The van der Waals surface area contributed by atoms with E-state index >= 15 is 0 Å². The Morgan fingerprint density at radius 2 is 2.00 bits per heavy atom. The molecule has 1 unspecified atom stereocenters. The minimum atomic E-state index is 0.724. The van der Waals surface area contributed by atoms with E-state index in [4.69, 9.17) is 9.47 Å². The van der Waals surface area contributed by atoms with Gasteiger partial charge in [0.1, 0.15) is 16.0 Å². The number of hydrogen-bond donors (Lipinski definition) is 1. The zero-order valence-corrected chi connectivity index (χ0v) is 14.8. The summed E-state index contributed by atoms with van der Waals surface area (Å²) in [5, 5.41) is 3.58. The van der Waals surface area contributed by atoms with E-state index in [1.807, 2.05) is 6.07 Å². The summed E-state index contributed by atoms with van der Waals surface area (Å²) in [5.74, 6) is 2.44. The smallest absolute Gasteiger partial charge is 0.139 e. The van der Waals surface area contributed by atoms with Crippen molar-refractivity contribution in [1.29, 1.82) is 0 Å². The van der Waals surface area contributed by atoms with Crippen molar-refractivity contribution in [2.24, 2.45) is 5.92 Å². The van der Waals surface area contributed by atoms with Gasteiger partial charge in [0.25, 0.3) is 0 Å². The number of nitrogens with one attached hydrogen (secondary N) is 1. The molecule has 1 aliphatic rings. The molecule has 0 amide bonds. The summed E-state index contributed by atoms with van der Waals surface area (Å²) in [5.41, 5.74) is 1.24. The molecule has 1 atom stereocenters. The maximum atomic E-state index is 5.53. The summed E-state index contributed by atoms with van der Waals surface area (Å²) < 4.78 is 11.8. The Balaban J connectivity index is 1.84. The van der Waals surface area contributed by atoms with Gasteiger partial charge in [-0.3, -0.25) is 0 Å². The van der Waals surface area contributed by atoms with E-state index in [0.29, 0.717) is 0 Å². The van der Waals surface area contributed by atoms with Crippen LogP contribution in [0.25, 0.3) is 0 Å². The van der Waals surface area contributed by atoms with Crippen LogP contribution in [0, 0.1) is 5.92 Å². The van der Waals surface area contributed by atoms with Gasteiger partial charge >= 0.3 is 0 Å². The highest BCUT2D eigenvalue weighted by Gasteiger charge is 2.20. The van der Waals surface area contributed by atoms with Crippen LogP contribution in [0.5, 0.6) is 11.5 Å². The predicted molar refractivity (Wildman–Crippen MR) is 90.4 cm³/mol. The first-order valence-electron chi connectivity index (χ1n) is 7.78. The van der Waals surface area contributed by atoms with Crippen molar-refractivity contribution in [2.75, 3.05) is 20.8 Å². The van der Waals surface area contributed by atoms with Gasteiger partial charge in [-0.15, -0.1) is 0 Å². The minimum Gasteiger partial charge on any atom is -0.495 e. The Bertz CT molecular complexity index is 460. The van der Waals surface area contributed by atoms with Gasteiger partial charge in [0.2, 0.25) is 0 Å². The molecule has 1 saturated carbocycles. The van der Waals surface area contributed by atoms with Crippen molar-refractivity contribution in [2.45, 2.75) is 45.1 Å². The second-order valence-electron chi connectivity index (χ2n) is 5.94. The third-order valence-corrected chi connectivity index (χ3v) is 4.87. The van der Waals surface area contributed by atoms with Crippen molar-refractivity contribution in [3.8, 4) is 11.5 Å². The molecule has 21 heavy (non-hydrogen) atoms. The maximum Gasteiger partial charge on any atom is 0.139 e. The molecule has 2 rings (SSSR count). The molecule has 118 valence electrons. The number of rotatable bonds is 9. The van der Waals surface area contributed by atoms with Gasteiger partial charge in [-0.2, -0.15) is 0 Å². The molecule has 3 nitrogen and oxygen atoms in total. The molecule has 4 heteroatoms. The molecule has 0 spiro atoms. The molecule has 1 aliphatic carbocycles. The van der Waals surface area contributed by atoms with Crippen LogP contribution < -0.4 is 14.8 Å². The molecular formula is C17H26BrNO2. The molecule has 0 heterocycles. The Morgan fingerprint density at radius 1 is 1.24 bits per heavy atom. The summed E-state index contributed by atoms with van der Waals surface area (Å²) >= 11 is 3.56. The average Bonchev–Trinajstić information content (AvgIpc) is 3.29. The van der Waals surface area contributed by atoms with Gasteiger partial charge < -0.3 is 14.8 Å². The van der Waals surface area contributed by atoms with E-state index in [9.17, 15) is 0 Å². The molecule has 0 bridgehead atoms. The highest BCUT2D eigenvalue weighted by Crippen LogP contribution is 2.38. The van der Waals surface area contributed by atoms with E-state index in [1.165, 1.54) is 31.2 Å². The van der Waals surface area contributed by atoms with Crippen molar-refractivity contribution >= 4 is 15.9 Å². The lowest BCUT2D eigenvalue weighted by molar-refractivity contribution is 0.384. The number of ether oxygens (including phenoxy) is 2. The van der Waals surface area contributed by atoms with Gasteiger partial charge in [0, 0.05) is 6.04 Å². The molecule has 0 aromatic heterocycles. The summed E-state index contributed by atoms with van der Waals surface area (Å²) in [7, 11) is 3.39. The molecule has 1 fully saturated rings. The second kappa shape index (κ2) is 8.04. The monoisotopic (exact) mass is 355 g/mol. The lowest BCUT2D eigenvalue weighted by Gasteiger charge is -2.16. The first-order chi connectivity index (χ1) is 10.2. The fourth-order valence-corrected chi connectivity index (χ4v) is 3.23. The number of hydrogen-bond acceptors (Lipinski definition) is 3. The van der Waals surface area contributed by atoms with Crippen LogP contribution >= 0.6 is 15.9 Å². The van der Waals surface area contributed by atoms with Crippen molar-refractivity contribution in [3.05, 3.63) is 22.2 Å². The fourth-order valence-electron chi connectivity index (χ4n) is 2.52. The largest absolute Gasteiger partial charge is 0.495 e. The Kier molecular flexibility index (Phi) is 6.37. The first kappa shape index (κ1) is 16.6. The Labute approximate surface area is 136 Å². The second-order valence-corrected chi connectivity index (χ2v) is 6.73. The topological polar surface area (TPSA) is 30.5 Å². The lowest BCUT2D eigenvalue weighted by Crippen LogP contribution is -2.19. The van der Waals surface area contributed by atoms with Crippen molar-refractivity contribution < 1.29 is 9.47 Å². The molecule has 1 aromatic carbocycles. The van der Waals surface area contributed by atoms with Gasteiger partial charge in [0.05, 0.1) is 14.2 Å². The molecule has 1 aromatic rings. The normalized spacial score (nSPS) is 15.8. The van der Waals surface area contributed by atoms with Crippen LogP contribution in [0.1, 0.15) is 38.2 Å². The van der Waals surface area contributed by atoms with Crippen LogP contribution in [0.4, 0.5) is 0 Å². The Hall–Kier alpha value is -0.740. The summed E-state index contributed by atoms with van der Waals surface area (Å²) in [6, 6.07) is 4.92. The SMILES string of the molecule is COc1ccc(CCC(C)CCNC2CC2)c(OC)c1Br. The standard InChI is InChI=1S/C17H26BrNO2/c1-12(10-11-19-14-7-8-14)4-5-13-6-9-15(20-2)16(18)17(13)21-3/h6,9,12,14,19H,4-5,7-8,10-11H2,1-3H3. The van der Waals surface area contributed by atoms with Crippen molar-refractivity contribution in [3.63, 3.8) is 0 Å². The molecule has 0 saturated heterocycles. The van der Waals surface area contributed by atoms with E-state index in [0.717, 1.165) is 40.9 Å². The summed E-state index contributed by atoms with van der Waals surface area (Å²) in [6.07, 6.45) is 6.20. The third kappa shape index (κ3) is 4.89. The van der Waals surface area contributed by atoms with E-state index in [1.54, 1.807) is 14.2 Å². The highest BCUT2D eigenvalue weighted by molar-refractivity contribution is 9.10. The fraction of sp³-hybridized carbons (Fsp3) is 0.647.